The minimum absolute atomic E-state index is 0.233. The van der Waals surface area contributed by atoms with E-state index in [2.05, 4.69) is 27.5 Å². The summed E-state index contributed by atoms with van der Waals surface area (Å²) < 4.78 is 2.25. The number of halogens is 1. The molecule has 29 heavy (non-hydrogen) atoms. The number of unbranched alkanes of at least 4 members (excludes halogenated alkanes) is 3. The summed E-state index contributed by atoms with van der Waals surface area (Å²) in [5.74, 6) is 1.06. The number of nitrogens with zero attached hydrogens (tertiary/aromatic N) is 4. The average molecular weight is 406 g/mol. The van der Waals surface area contributed by atoms with Gasteiger partial charge < -0.3 is 10.3 Å². The monoisotopic (exact) mass is 405 g/mol. The Bertz CT molecular complexity index is 1120. The number of para-hydroxylation sites is 2. The van der Waals surface area contributed by atoms with E-state index >= 15 is 0 Å². The summed E-state index contributed by atoms with van der Waals surface area (Å²) in [5.41, 5.74) is 10.6. The lowest BCUT2D eigenvalue weighted by Gasteiger charge is -2.10. The number of anilines is 1. The van der Waals surface area contributed by atoms with Crippen molar-refractivity contribution in [2.75, 3.05) is 5.73 Å². The maximum absolute atomic E-state index is 6.06. The molecule has 0 unspecified atom stereocenters. The Hall–Kier alpha value is -2.92. The molecule has 2 aromatic carbocycles. The summed E-state index contributed by atoms with van der Waals surface area (Å²) in [6.45, 7) is 3.12. The molecule has 0 fully saturated rings. The van der Waals surface area contributed by atoms with Crippen LogP contribution in [0.15, 0.2) is 54.6 Å². The van der Waals surface area contributed by atoms with Crippen molar-refractivity contribution in [2.45, 2.75) is 39.2 Å². The highest BCUT2D eigenvalue weighted by Crippen LogP contribution is 2.28. The van der Waals surface area contributed by atoms with E-state index in [4.69, 9.17) is 22.3 Å². The average Bonchev–Trinajstić information content (AvgIpc) is 3.10. The smallest absolute Gasteiger partial charge is 0.221 e. The van der Waals surface area contributed by atoms with Crippen molar-refractivity contribution in [3.05, 3.63) is 59.6 Å². The number of aryl methyl sites for hydroxylation is 1. The van der Waals surface area contributed by atoms with Gasteiger partial charge in [-0.05, 0) is 36.8 Å². The van der Waals surface area contributed by atoms with Gasteiger partial charge in [-0.3, -0.25) is 0 Å². The second-order valence-electron chi connectivity index (χ2n) is 7.14. The van der Waals surface area contributed by atoms with Crippen molar-refractivity contribution < 1.29 is 0 Å². The lowest BCUT2D eigenvalue weighted by atomic mass is 10.1. The van der Waals surface area contributed by atoms with Gasteiger partial charge in [0.15, 0.2) is 5.82 Å². The third-order valence-corrected chi connectivity index (χ3v) is 5.25. The van der Waals surface area contributed by atoms with Crippen LogP contribution in [0.5, 0.6) is 0 Å². The molecule has 0 atom stereocenters. The molecule has 4 aromatic rings. The molecule has 0 aliphatic heterocycles. The molecule has 0 amide bonds. The lowest BCUT2D eigenvalue weighted by Crippen LogP contribution is -2.05. The lowest BCUT2D eigenvalue weighted by molar-refractivity contribution is 0.594. The minimum atomic E-state index is 0.233. The van der Waals surface area contributed by atoms with Gasteiger partial charge in [0, 0.05) is 17.1 Å². The topological polar surface area (TPSA) is 69.6 Å². The molecule has 2 aromatic heterocycles. The minimum Gasteiger partial charge on any atom is -0.368 e. The normalized spacial score (nSPS) is 11.2. The number of rotatable bonds is 7. The number of nitrogens with two attached hydrogens (primary N) is 1. The van der Waals surface area contributed by atoms with Gasteiger partial charge in [-0.25, -0.2) is 15.0 Å². The number of hydrogen-bond acceptors (Lipinski definition) is 4. The van der Waals surface area contributed by atoms with E-state index in [1.165, 1.54) is 19.3 Å². The first kappa shape index (κ1) is 19.4. The highest BCUT2D eigenvalue weighted by Gasteiger charge is 2.16. The van der Waals surface area contributed by atoms with Crippen LogP contribution < -0.4 is 5.73 Å². The van der Waals surface area contributed by atoms with Gasteiger partial charge in [-0.1, -0.05) is 62.1 Å². The second kappa shape index (κ2) is 8.62. The van der Waals surface area contributed by atoms with E-state index in [1.807, 2.05) is 48.5 Å². The summed E-state index contributed by atoms with van der Waals surface area (Å²) >= 11 is 6.02. The van der Waals surface area contributed by atoms with Gasteiger partial charge in [-0.15, -0.1) is 0 Å². The number of imidazole rings is 1. The van der Waals surface area contributed by atoms with Crippen LogP contribution in [-0.2, 0) is 6.54 Å². The summed E-state index contributed by atoms with van der Waals surface area (Å²) in [4.78, 5) is 13.8. The van der Waals surface area contributed by atoms with Gasteiger partial charge in [0.05, 0.1) is 16.7 Å². The number of aromatic nitrogens is 4. The van der Waals surface area contributed by atoms with Crippen molar-refractivity contribution in [2.24, 2.45) is 0 Å². The molecule has 0 spiro atoms. The maximum Gasteiger partial charge on any atom is 0.221 e. The predicted octanol–water partition coefficient (Wildman–Crippen LogP) is 5.98. The summed E-state index contributed by atoms with van der Waals surface area (Å²) in [6.07, 6.45) is 4.75. The highest BCUT2D eigenvalue weighted by atomic mass is 35.5. The first-order chi connectivity index (χ1) is 14.2. The molecule has 0 saturated heterocycles. The van der Waals surface area contributed by atoms with Crippen LogP contribution in [0, 0.1) is 0 Å². The molecule has 0 saturated carbocycles. The third kappa shape index (κ3) is 4.25. The first-order valence-corrected chi connectivity index (χ1v) is 10.4. The van der Waals surface area contributed by atoms with Crippen LogP contribution in [0.3, 0.4) is 0 Å². The van der Waals surface area contributed by atoms with Gasteiger partial charge >= 0.3 is 0 Å². The van der Waals surface area contributed by atoms with Gasteiger partial charge in [0.25, 0.3) is 0 Å². The Labute approximate surface area is 175 Å². The largest absolute Gasteiger partial charge is 0.368 e. The van der Waals surface area contributed by atoms with Gasteiger partial charge in [0.2, 0.25) is 5.95 Å². The molecule has 0 radical (unpaired) electrons. The molecular weight excluding hydrogens is 382 g/mol. The van der Waals surface area contributed by atoms with Gasteiger partial charge in [0.1, 0.15) is 5.69 Å². The molecule has 0 aliphatic carbocycles. The first-order valence-electron chi connectivity index (χ1n) is 10.0. The fourth-order valence-corrected chi connectivity index (χ4v) is 3.67. The molecule has 2 N–H and O–H groups in total. The van der Waals surface area contributed by atoms with E-state index < -0.39 is 0 Å². The van der Waals surface area contributed by atoms with Crippen LogP contribution >= 0.6 is 11.6 Å². The van der Waals surface area contributed by atoms with E-state index in [0.717, 1.165) is 46.8 Å². The SMILES string of the molecule is CCCCCCn1c(-c2cc(-c3ccc(Cl)cc3)nc(N)n2)nc2ccccc21. The zero-order chi connectivity index (χ0) is 20.2. The molecule has 0 aliphatic rings. The quantitative estimate of drug-likeness (QED) is 0.384. The maximum atomic E-state index is 6.06. The Morgan fingerprint density at radius 3 is 2.45 bits per heavy atom. The van der Waals surface area contributed by atoms with Crippen LogP contribution in [0.4, 0.5) is 5.95 Å². The summed E-state index contributed by atoms with van der Waals surface area (Å²) in [6, 6.07) is 17.7. The van der Waals surface area contributed by atoms with E-state index in [-0.39, 0.29) is 5.95 Å². The van der Waals surface area contributed by atoms with Gasteiger partial charge in [-0.2, -0.15) is 0 Å². The molecule has 0 bridgehead atoms. The van der Waals surface area contributed by atoms with Crippen molar-refractivity contribution in [3.8, 4) is 22.8 Å². The number of nitrogen functional groups attached to an aromatic ring is 1. The standard InChI is InChI=1S/C23H24ClN5/c1-2-3-4-7-14-29-21-9-6-5-8-18(21)26-22(29)20-15-19(27-23(25)28-20)16-10-12-17(24)13-11-16/h5-6,8-13,15H,2-4,7,14H2,1H3,(H2,25,27,28). The Balaban J connectivity index is 1.78. The second-order valence-corrected chi connectivity index (χ2v) is 7.58. The van der Waals surface area contributed by atoms with Crippen LogP contribution in [0.2, 0.25) is 5.02 Å². The fourth-order valence-electron chi connectivity index (χ4n) is 3.54. The Morgan fingerprint density at radius 1 is 0.897 bits per heavy atom. The van der Waals surface area contributed by atoms with Crippen LogP contribution in [0.25, 0.3) is 33.8 Å². The zero-order valence-electron chi connectivity index (χ0n) is 16.5. The number of fused-ring (bicyclic) bond motifs is 1. The van der Waals surface area contributed by atoms with E-state index in [0.29, 0.717) is 5.02 Å². The molecule has 2 heterocycles. The number of hydrogen-bond donors (Lipinski definition) is 1. The summed E-state index contributed by atoms with van der Waals surface area (Å²) in [5, 5.41) is 0.685. The van der Waals surface area contributed by atoms with Crippen LogP contribution in [-0.4, -0.2) is 19.5 Å². The molecular formula is C23H24ClN5. The fraction of sp³-hybridized carbons (Fsp3) is 0.261. The molecule has 6 heteroatoms. The highest BCUT2D eigenvalue weighted by molar-refractivity contribution is 6.30. The third-order valence-electron chi connectivity index (χ3n) is 5.00. The molecule has 4 rings (SSSR count). The van der Waals surface area contributed by atoms with E-state index in [9.17, 15) is 0 Å². The molecule has 5 nitrogen and oxygen atoms in total. The van der Waals surface area contributed by atoms with E-state index in [1.54, 1.807) is 0 Å². The number of benzene rings is 2. The predicted molar refractivity (Wildman–Crippen MR) is 120 cm³/mol. The zero-order valence-corrected chi connectivity index (χ0v) is 17.2. The van der Waals surface area contributed by atoms with Crippen molar-refractivity contribution in [1.82, 2.24) is 19.5 Å². The van der Waals surface area contributed by atoms with Crippen molar-refractivity contribution in [1.29, 1.82) is 0 Å². The van der Waals surface area contributed by atoms with Crippen molar-refractivity contribution >= 4 is 28.6 Å². The summed E-state index contributed by atoms with van der Waals surface area (Å²) in [7, 11) is 0. The molecule has 148 valence electrons. The Kier molecular flexibility index (Phi) is 5.76. The Morgan fingerprint density at radius 2 is 1.66 bits per heavy atom. The van der Waals surface area contributed by atoms with Crippen molar-refractivity contribution in [3.63, 3.8) is 0 Å². The van der Waals surface area contributed by atoms with Crippen LogP contribution in [0.1, 0.15) is 32.6 Å².